The van der Waals surface area contributed by atoms with Crippen LogP contribution < -0.4 is 11.3 Å². The molecular formula is C14H21N3O2. The Morgan fingerprint density at radius 2 is 2.16 bits per heavy atom. The fourth-order valence-corrected chi connectivity index (χ4v) is 2.45. The SMILES string of the molecule is Cc1ccc(C(=O)N2CCC(CO)CC2)c(NN)c1. The Balaban J connectivity index is 2.12. The van der Waals surface area contributed by atoms with Crippen LogP contribution in [0, 0.1) is 12.8 Å². The minimum Gasteiger partial charge on any atom is -0.396 e. The van der Waals surface area contributed by atoms with Gasteiger partial charge >= 0.3 is 0 Å². The van der Waals surface area contributed by atoms with Crippen molar-refractivity contribution in [1.82, 2.24) is 4.90 Å². The Bertz CT molecular complexity index is 454. The molecule has 0 atom stereocenters. The first-order valence-electron chi connectivity index (χ1n) is 6.63. The van der Waals surface area contributed by atoms with Gasteiger partial charge in [-0.2, -0.15) is 0 Å². The Morgan fingerprint density at radius 1 is 1.47 bits per heavy atom. The van der Waals surface area contributed by atoms with Crippen molar-refractivity contribution in [2.75, 3.05) is 25.1 Å². The highest BCUT2D eigenvalue weighted by Crippen LogP contribution is 2.22. The molecule has 4 N–H and O–H groups in total. The summed E-state index contributed by atoms with van der Waals surface area (Å²) in [4.78, 5) is 14.3. The Hall–Kier alpha value is -1.59. The second kappa shape index (κ2) is 6.04. The van der Waals surface area contributed by atoms with E-state index in [1.807, 2.05) is 30.0 Å². The van der Waals surface area contributed by atoms with Gasteiger partial charge in [0.25, 0.3) is 5.91 Å². The lowest BCUT2D eigenvalue weighted by Gasteiger charge is -2.31. The number of nitrogens with one attached hydrogen (secondary N) is 1. The van der Waals surface area contributed by atoms with Gasteiger partial charge in [-0.15, -0.1) is 0 Å². The monoisotopic (exact) mass is 263 g/mol. The molecule has 1 heterocycles. The van der Waals surface area contributed by atoms with Crippen LogP contribution in [-0.2, 0) is 0 Å². The lowest BCUT2D eigenvalue weighted by Crippen LogP contribution is -2.39. The average molecular weight is 263 g/mol. The number of likely N-dealkylation sites (tertiary alicyclic amines) is 1. The van der Waals surface area contributed by atoms with Crippen molar-refractivity contribution in [3.8, 4) is 0 Å². The highest BCUT2D eigenvalue weighted by Gasteiger charge is 2.24. The van der Waals surface area contributed by atoms with Crippen LogP contribution in [0.25, 0.3) is 0 Å². The number of nitrogens with zero attached hydrogens (tertiary/aromatic N) is 1. The second-order valence-corrected chi connectivity index (χ2v) is 5.11. The number of piperidine rings is 1. The second-order valence-electron chi connectivity index (χ2n) is 5.11. The number of hydrogen-bond acceptors (Lipinski definition) is 4. The zero-order chi connectivity index (χ0) is 13.8. The summed E-state index contributed by atoms with van der Waals surface area (Å²) in [5, 5.41) is 9.12. The van der Waals surface area contributed by atoms with Gasteiger partial charge in [0.05, 0.1) is 11.3 Å². The van der Waals surface area contributed by atoms with E-state index in [4.69, 9.17) is 10.9 Å². The maximum Gasteiger partial charge on any atom is 0.256 e. The van der Waals surface area contributed by atoms with Gasteiger partial charge in [0.15, 0.2) is 0 Å². The number of nitrogen functional groups attached to an aromatic ring is 1. The number of hydrazine groups is 1. The molecule has 0 unspecified atom stereocenters. The molecular weight excluding hydrogens is 242 g/mol. The van der Waals surface area contributed by atoms with E-state index in [9.17, 15) is 4.79 Å². The summed E-state index contributed by atoms with van der Waals surface area (Å²) < 4.78 is 0. The summed E-state index contributed by atoms with van der Waals surface area (Å²) in [6.07, 6.45) is 1.72. The van der Waals surface area contributed by atoms with Crippen molar-refractivity contribution >= 4 is 11.6 Å². The van der Waals surface area contributed by atoms with E-state index >= 15 is 0 Å². The summed E-state index contributed by atoms with van der Waals surface area (Å²) in [6, 6.07) is 5.59. The molecule has 0 bridgehead atoms. The Kier molecular flexibility index (Phi) is 4.39. The Morgan fingerprint density at radius 3 is 2.74 bits per heavy atom. The van der Waals surface area contributed by atoms with Crippen LogP contribution in [-0.4, -0.2) is 35.6 Å². The minimum absolute atomic E-state index is 0.00402. The van der Waals surface area contributed by atoms with Gasteiger partial charge < -0.3 is 15.4 Å². The number of carbonyl (C=O) groups is 1. The van der Waals surface area contributed by atoms with Gasteiger partial charge in [-0.05, 0) is 43.4 Å². The fourth-order valence-electron chi connectivity index (χ4n) is 2.45. The van der Waals surface area contributed by atoms with Gasteiger partial charge in [-0.1, -0.05) is 6.07 Å². The average Bonchev–Trinajstić information content (AvgIpc) is 2.46. The standard InChI is InChI=1S/C14H21N3O2/c1-10-2-3-12(13(8-10)16-15)14(19)17-6-4-11(9-18)5-7-17/h2-3,8,11,16,18H,4-7,9,15H2,1H3. The van der Waals surface area contributed by atoms with Crippen LogP contribution in [0.4, 0.5) is 5.69 Å². The van der Waals surface area contributed by atoms with E-state index in [-0.39, 0.29) is 12.5 Å². The minimum atomic E-state index is 0.00402. The summed E-state index contributed by atoms with van der Waals surface area (Å²) in [6.45, 7) is 3.56. The molecule has 0 radical (unpaired) electrons. The molecule has 2 rings (SSSR count). The molecule has 0 aliphatic carbocycles. The predicted octanol–water partition coefficient (Wildman–Crippen LogP) is 1.13. The molecule has 1 aliphatic rings. The van der Waals surface area contributed by atoms with Crippen LogP contribution in [0.3, 0.4) is 0 Å². The van der Waals surface area contributed by atoms with Crippen LogP contribution in [0.1, 0.15) is 28.8 Å². The first kappa shape index (κ1) is 13.8. The normalized spacial score (nSPS) is 16.5. The fraction of sp³-hybridized carbons (Fsp3) is 0.500. The lowest BCUT2D eigenvalue weighted by molar-refractivity contribution is 0.0652. The molecule has 0 saturated carbocycles. The molecule has 1 saturated heterocycles. The van der Waals surface area contributed by atoms with Crippen LogP contribution in [0.15, 0.2) is 18.2 Å². The number of aliphatic hydroxyl groups excluding tert-OH is 1. The zero-order valence-electron chi connectivity index (χ0n) is 11.2. The summed E-state index contributed by atoms with van der Waals surface area (Å²) in [5.74, 6) is 5.81. The summed E-state index contributed by atoms with van der Waals surface area (Å²) >= 11 is 0. The van der Waals surface area contributed by atoms with E-state index in [2.05, 4.69) is 5.43 Å². The molecule has 1 amide bonds. The number of anilines is 1. The molecule has 1 aromatic carbocycles. The third-order valence-electron chi connectivity index (χ3n) is 3.72. The van der Waals surface area contributed by atoms with Crippen molar-refractivity contribution in [1.29, 1.82) is 0 Å². The largest absolute Gasteiger partial charge is 0.396 e. The predicted molar refractivity (Wildman–Crippen MR) is 74.7 cm³/mol. The first-order valence-corrected chi connectivity index (χ1v) is 6.63. The van der Waals surface area contributed by atoms with Crippen LogP contribution in [0.5, 0.6) is 0 Å². The quantitative estimate of drug-likeness (QED) is 0.564. The molecule has 5 nitrogen and oxygen atoms in total. The van der Waals surface area contributed by atoms with Gasteiger partial charge in [-0.3, -0.25) is 10.6 Å². The maximum atomic E-state index is 12.5. The number of rotatable bonds is 3. The highest BCUT2D eigenvalue weighted by atomic mass is 16.3. The van der Waals surface area contributed by atoms with Crippen LogP contribution in [0.2, 0.25) is 0 Å². The van der Waals surface area contributed by atoms with E-state index in [0.29, 0.717) is 30.3 Å². The third kappa shape index (κ3) is 3.05. The van der Waals surface area contributed by atoms with E-state index < -0.39 is 0 Å². The number of hydrogen-bond donors (Lipinski definition) is 3. The van der Waals surface area contributed by atoms with E-state index in [0.717, 1.165) is 18.4 Å². The molecule has 19 heavy (non-hydrogen) atoms. The van der Waals surface area contributed by atoms with Crippen molar-refractivity contribution in [3.63, 3.8) is 0 Å². The molecule has 5 heteroatoms. The number of amides is 1. The smallest absolute Gasteiger partial charge is 0.256 e. The van der Waals surface area contributed by atoms with Gasteiger partial charge in [0, 0.05) is 19.7 Å². The van der Waals surface area contributed by atoms with Crippen molar-refractivity contribution < 1.29 is 9.90 Å². The molecule has 0 spiro atoms. The number of aliphatic hydroxyl groups is 1. The van der Waals surface area contributed by atoms with Crippen LogP contribution >= 0.6 is 0 Å². The molecule has 1 fully saturated rings. The van der Waals surface area contributed by atoms with E-state index in [1.54, 1.807) is 0 Å². The zero-order valence-corrected chi connectivity index (χ0v) is 11.2. The van der Waals surface area contributed by atoms with Gasteiger partial charge in [0.1, 0.15) is 0 Å². The first-order chi connectivity index (χ1) is 9.15. The number of benzene rings is 1. The molecule has 1 aromatic rings. The molecule has 1 aliphatic heterocycles. The van der Waals surface area contributed by atoms with Crippen molar-refractivity contribution in [2.24, 2.45) is 11.8 Å². The summed E-state index contributed by atoms with van der Waals surface area (Å²) in [5.41, 5.74) is 4.92. The number of carbonyl (C=O) groups excluding carboxylic acids is 1. The van der Waals surface area contributed by atoms with Gasteiger partial charge in [-0.25, -0.2) is 0 Å². The highest BCUT2D eigenvalue weighted by molar-refractivity contribution is 5.99. The Labute approximate surface area is 113 Å². The lowest BCUT2D eigenvalue weighted by atomic mass is 9.97. The third-order valence-corrected chi connectivity index (χ3v) is 3.72. The molecule has 0 aromatic heterocycles. The summed E-state index contributed by atoms with van der Waals surface area (Å²) in [7, 11) is 0. The topological polar surface area (TPSA) is 78.6 Å². The number of nitrogens with two attached hydrogens (primary N) is 1. The molecule has 104 valence electrons. The maximum absolute atomic E-state index is 12.5. The van der Waals surface area contributed by atoms with Crippen molar-refractivity contribution in [2.45, 2.75) is 19.8 Å². The number of aryl methyl sites for hydroxylation is 1. The van der Waals surface area contributed by atoms with E-state index in [1.165, 1.54) is 0 Å². The van der Waals surface area contributed by atoms with Crippen molar-refractivity contribution in [3.05, 3.63) is 29.3 Å². The van der Waals surface area contributed by atoms with Gasteiger partial charge in [0.2, 0.25) is 0 Å².